The molecule has 0 atom stereocenters. The zero-order chi connectivity index (χ0) is 22.1. The fourth-order valence-corrected chi connectivity index (χ4v) is 3.90. The Balaban J connectivity index is 1.38. The van der Waals surface area contributed by atoms with Gasteiger partial charge in [-0.25, -0.2) is 9.97 Å². The quantitative estimate of drug-likeness (QED) is 0.597. The molecule has 32 heavy (non-hydrogen) atoms. The number of fused-ring (bicyclic) bond motifs is 1. The third kappa shape index (κ3) is 4.26. The van der Waals surface area contributed by atoms with Gasteiger partial charge in [0.1, 0.15) is 23.4 Å². The number of anilines is 2. The Morgan fingerprint density at radius 2 is 2.22 bits per heavy atom. The Morgan fingerprint density at radius 1 is 1.34 bits per heavy atom. The highest BCUT2D eigenvalue weighted by molar-refractivity contribution is 5.93. The molecule has 10 nitrogen and oxygen atoms in total. The molecule has 1 N–H and O–H groups in total. The third-order valence-electron chi connectivity index (χ3n) is 5.51. The normalized spacial score (nSPS) is 15.2. The number of amides is 1. The van der Waals surface area contributed by atoms with Gasteiger partial charge in [-0.1, -0.05) is 0 Å². The van der Waals surface area contributed by atoms with Crippen LogP contribution in [0.4, 0.5) is 11.5 Å². The van der Waals surface area contributed by atoms with Crippen LogP contribution in [-0.4, -0.2) is 63.5 Å². The van der Waals surface area contributed by atoms with Gasteiger partial charge in [0.15, 0.2) is 5.82 Å². The van der Waals surface area contributed by atoms with Gasteiger partial charge in [-0.05, 0) is 25.3 Å². The Morgan fingerprint density at radius 3 is 2.97 bits per heavy atom. The fraction of sp³-hybridized carbons (Fsp3) is 0.409. The van der Waals surface area contributed by atoms with E-state index in [4.69, 9.17) is 19.4 Å². The summed E-state index contributed by atoms with van der Waals surface area (Å²) in [6.45, 7) is 1.36. The van der Waals surface area contributed by atoms with Crippen LogP contribution in [0.15, 0.2) is 30.7 Å². The Bertz CT molecular complexity index is 1140. The minimum Gasteiger partial charge on any atom is -0.485 e. The smallest absolute Gasteiger partial charge is 0.244 e. The van der Waals surface area contributed by atoms with Crippen LogP contribution in [-0.2, 0) is 29.4 Å². The second-order valence-corrected chi connectivity index (χ2v) is 8.11. The third-order valence-corrected chi connectivity index (χ3v) is 5.51. The van der Waals surface area contributed by atoms with Crippen LogP contribution in [0.25, 0.3) is 11.5 Å². The molecule has 0 aromatic carbocycles. The molecular weight excluding hydrogens is 410 g/mol. The molecule has 1 fully saturated rings. The van der Waals surface area contributed by atoms with Crippen molar-refractivity contribution in [2.24, 2.45) is 7.05 Å². The van der Waals surface area contributed by atoms with Crippen molar-refractivity contribution in [1.29, 1.82) is 0 Å². The van der Waals surface area contributed by atoms with E-state index in [9.17, 15) is 4.79 Å². The molecule has 1 aliphatic heterocycles. The van der Waals surface area contributed by atoms with Gasteiger partial charge < -0.3 is 19.7 Å². The molecule has 1 amide bonds. The first-order chi connectivity index (χ1) is 15.5. The number of nitrogens with zero attached hydrogens (tertiary/aromatic N) is 6. The molecule has 3 aromatic rings. The predicted octanol–water partition coefficient (Wildman–Crippen LogP) is 1.61. The van der Waals surface area contributed by atoms with E-state index in [1.54, 1.807) is 23.3 Å². The average Bonchev–Trinajstić information content (AvgIpc) is 3.38. The molecule has 0 radical (unpaired) electrons. The lowest BCUT2D eigenvalue weighted by Crippen LogP contribution is -2.38. The van der Waals surface area contributed by atoms with Crippen LogP contribution in [0.3, 0.4) is 0 Å². The molecule has 0 bridgehead atoms. The maximum absolute atomic E-state index is 12.6. The van der Waals surface area contributed by atoms with E-state index in [1.165, 1.54) is 0 Å². The van der Waals surface area contributed by atoms with Gasteiger partial charge in [0.05, 0.1) is 31.6 Å². The van der Waals surface area contributed by atoms with Gasteiger partial charge in [-0.15, -0.1) is 0 Å². The average molecular weight is 435 g/mol. The Hall–Kier alpha value is -3.53. The number of hydrogen-bond acceptors (Lipinski definition) is 8. The standard InChI is InChI=1S/C22H25N7O3/c1-28(11-20(30)25-14-9-24-29(2)10-14)22-17-4-3-5-18(17)26-21(27-22)19-8-15(6-7-23-19)32-16-12-31-13-16/h6-10,16H,3-5,11-13H2,1-2H3,(H,25,30). The van der Waals surface area contributed by atoms with E-state index >= 15 is 0 Å². The van der Waals surface area contributed by atoms with Gasteiger partial charge in [0, 0.05) is 43.8 Å². The number of likely N-dealkylation sites (N-methyl/N-ethyl adjacent to an activating group) is 1. The van der Waals surface area contributed by atoms with Crippen LogP contribution in [0, 0.1) is 0 Å². The molecule has 3 aromatic heterocycles. The van der Waals surface area contributed by atoms with E-state index in [2.05, 4.69) is 15.4 Å². The SMILES string of the molecule is CN(CC(=O)Nc1cnn(C)c1)c1nc(-c2cc(OC3COC3)ccn2)nc2c1CCC2. The second kappa shape index (κ2) is 8.54. The van der Waals surface area contributed by atoms with Crippen molar-refractivity contribution in [1.82, 2.24) is 24.7 Å². The molecule has 1 aliphatic carbocycles. The van der Waals surface area contributed by atoms with Gasteiger partial charge in [0.25, 0.3) is 0 Å². The van der Waals surface area contributed by atoms with E-state index in [1.807, 2.05) is 31.1 Å². The lowest BCUT2D eigenvalue weighted by molar-refractivity contribution is -0.114. The molecule has 0 spiro atoms. The van der Waals surface area contributed by atoms with Crippen LogP contribution in [0.1, 0.15) is 17.7 Å². The van der Waals surface area contributed by atoms with Crippen molar-refractivity contribution in [3.05, 3.63) is 42.0 Å². The summed E-state index contributed by atoms with van der Waals surface area (Å²) >= 11 is 0. The van der Waals surface area contributed by atoms with Gasteiger partial charge in [0.2, 0.25) is 5.91 Å². The number of rotatable bonds is 7. The molecule has 4 heterocycles. The second-order valence-electron chi connectivity index (χ2n) is 8.11. The summed E-state index contributed by atoms with van der Waals surface area (Å²) in [7, 11) is 3.68. The van der Waals surface area contributed by atoms with Gasteiger partial charge in [-0.2, -0.15) is 5.10 Å². The maximum atomic E-state index is 12.6. The monoisotopic (exact) mass is 435 g/mol. The van der Waals surface area contributed by atoms with Crippen LogP contribution in [0.2, 0.25) is 0 Å². The van der Waals surface area contributed by atoms with Crippen molar-refractivity contribution < 1.29 is 14.3 Å². The first-order valence-corrected chi connectivity index (χ1v) is 10.7. The minimum atomic E-state index is -0.136. The van der Waals surface area contributed by atoms with Crippen molar-refractivity contribution in [2.45, 2.75) is 25.4 Å². The lowest BCUT2D eigenvalue weighted by atomic mass is 10.2. The Labute approximate surface area is 185 Å². The zero-order valence-corrected chi connectivity index (χ0v) is 18.1. The van der Waals surface area contributed by atoms with Crippen molar-refractivity contribution >= 4 is 17.4 Å². The number of ether oxygens (including phenoxy) is 2. The molecule has 166 valence electrons. The number of carbonyl (C=O) groups is 1. The summed E-state index contributed by atoms with van der Waals surface area (Å²) in [6.07, 6.45) is 7.97. The first kappa shape index (κ1) is 20.4. The number of pyridine rings is 1. The summed E-state index contributed by atoms with van der Waals surface area (Å²) in [5.41, 5.74) is 3.43. The summed E-state index contributed by atoms with van der Waals surface area (Å²) in [4.78, 5) is 28.5. The van der Waals surface area contributed by atoms with E-state index < -0.39 is 0 Å². The van der Waals surface area contributed by atoms with E-state index in [0.717, 1.165) is 42.1 Å². The van der Waals surface area contributed by atoms with Crippen LogP contribution in [0.5, 0.6) is 5.75 Å². The number of aromatic nitrogens is 5. The zero-order valence-electron chi connectivity index (χ0n) is 18.1. The largest absolute Gasteiger partial charge is 0.485 e. The highest BCUT2D eigenvalue weighted by atomic mass is 16.6. The summed E-state index contributed by atoms with van der Waals surface area (Å²) in [5, 5.41) is 6.94. The molecule has 2 aliphatic rings. The van der Waals surface area contributed by atoms with Crippen molar-refractivity contribution in [3.8, 4) is 17.3 Å². The number of hydrogen-bond donors (Lipinski definition) is 1. The first-order valence-electron chi connectivity index (χ1n) is 10.7. The number of aryl methyl sites for hydroxylation is 2. The highest BCUT2D eigenvalue weighted by Crippen LogP contribution is 2.31. The van der Waals surface area contributed by atoms with Crippen LogP contribution < -0.4 is 15.0 Å². The van der Waals surface area contributed by atoms with Crippen molar-refractivity contribution in [3.63, 3.8) is 0 Å². The molecular formula is C22H25N7O3. The molecule has 5 rings (SSSR count). The number of nitrogens with one attached hydrogen (secondary N) is 1. The summed E-state index contributed by atoms with van der Waals surface area (Å²) in [6, 6.07) is 3.68. The maximum Gasteiger partial charge on any atom is 0.244 e. The van der Waals surface area contributed by atoms with Crippen molar-refractivity contribution in [2.75, 3.05) is 37.0 Å². The topological polar surface area (TPSA) is 107 Å². The predicted molar refractivity (Wildman–Crippen MR) is 118 cm³/mol. The molecule has 10 heteroatoms. The Kier molecular flexibility index (Phi) is 5.44. The fourth-order valence-electron chi connectivity index (χ4n) is 3.90. The molecule has 0 saturated carbocycles. The lowest BCUT2D eigenvalue weighted by Gasteiger charge is -2.26. The molecule has 1 saturated heterocycles. The van der Waals surface area contributed by atoms with Crippen LogP contribution >= 0.6 is 0 Å². The molecule has 0 unspecified atom stereocenters. The van der Waals surface area contributed by atoms with Gasteiger partial charge in [-0.3, -0.25) is 14.5 Å². The number of carbonyl (C=O) groups excluding carboxylic acids is 1. The van der Waals surface area contributed by atoms with Gasteiger partial charge >= 0.3 is 0 Å². The minimum absolute atomic E-state index is 0.0752. The summed E-state index contributed by atoms with van der Waals surface area (Å²) < 4.78 is 12.7. The highest BCUT2D eigenvalue weighted by Gasteiger charge is 2.24. The summed E-state index contributed by atoms with van der Waals surface area (Å²) in [5.74, 6) is 1.89. The van der Waals surface area contributed by atoms with E-state index in [-0.39, 0.29) is 18.6 Å². The van der Waals surface area contributed by atoms with E-state index in [0.29, 0.717) is 30.4 Å².